The van der Waals surface area contributed by atoms with E-state index in [9.17, 15) is 4.39 Å². The summed E-state index contributed by atoms with van der Waals surface area (Å²) in [7, 11) is 0. The molecule has 0 aromatic carbocycles. The highest BCUT2D eigenvalue weighted by Gasteiger charge is 1.66. The van der Waals surface area contributed by atoms with E-state index in [1.807, 2.05) is 0 Å². The number of halogens is 1. The van der Waals surface area contributed by atoms with Crippen molar-refractivity contribution in [3.63, 3.8) is 0 Å². The van der Waals surface area contributed by atoms with Gasteiger partial charge in [-0.1, -0.05) is 0 Å². The molecule has 28 valence electrons. The Labute approximate surface area is 28.9 Å². The summed E-state index contributed by atoms with van der Waals surface area (Å²) in [4.78, 5) is 2.35. The molecular weight excluding hydrogens is 71.0 g/mol. The lowest BCUT2D eigenvalue weighted by molar-refractivity contribution is -0.000270. The molecule has 0 rings (SSSR count). The number of rotatable bonds is 1. The summed E-state index contributed by atoms with van der Waals surface area (Å²) in [6, 6.07) is 0. The number of hydrogen-bond donors (Lipinski definition) is 0. The normalized spacial score (nSPS) is 5.80. The molecule has 0 unspecified atom stereocenters. The van der Waals surface area contributed by atoms with Crippen LogP contribution in [0.2, 0.25) is 0 Å². The predicted octanol–water partition coefficient (Wildman–Crippen LogP) is 0.257. The van der Waals surface area contributed by atoms with Crippen LogP contribution >= 0.6 is 0 Å². The third-order valence-electron chi connectivity index (χ3n) is 0.151. The molecule has 0 saturated carbocycles. The monoisotopic (exact) mass is 74.0 g/mol. The first kappa shape index (κ1) is 4.31. The van der Waals surface area contributed by atoms with Gasteiger partial charge in [-0.2, -0.15) is 4.79 Å². The SMILES string of the molecule is [N-]=[N+]=CCF. The molecule has 5 heavy (non-hydrogen) atoms. The lowest BCUT2D eigenvalue weighted by atomic mass is 10.9. The Morgan fingerprint density at radius 3 is 2.60 bits per heavy atom. The standard InChI is InChI=1S/C2H3FN2/c3-1-2-5-4/h2H,1H2. The molecule has 0 radical (unpaired) electrons. The van der Waals surface area contributed by atoms with Gasteiger partial charge in [0.05, 0.1) is 0 Å². The van der Waals surface area contributed by atoms with Crippen LogP contribution in [0.1, 0.15) is 0 Å². The maximum absolute atomic E-state index is 10.7. The first-order chi connectivity index (χ1) is 2.41. The number of hydrogen-bond acceptors (Lipinski definition) is 0. The molecule has 3 heteroatoms. The third-order valence-corrected chi connectivity index (χ3v) is 0.151. The summed E-state index contributed by atoms with van der Waals surface area (Å²) in [6.07, 6.45) is 0.764. The Morgan fingerprint density at radius 1 is 2.00 bits per heavy atom. The van der Waals surface area contributed by atoms with Gasteiger partial charge < -0.3 is 5.53 Å². The first-order valence-electron chi connectivity index (χ1n) is 1.13. The van der Waals surface area contributed by atoms with E-state index in [2.05, 4.69) is 4.79 Å². The van der Waals surface area contributed by atoms with Crippen molar-refractivity contribution in [1.82, 2.24) is 0 Å². The molecule has 2 nitrogen and oxygen atoms in total. The van der Waals surface area contributed by atoms with Crippen molar-refractivity contribution in [2.24, 2.45) is 0 Å². The fourth-order valence-corrected chi connectivity index (χ4v) is 0.0309. The second-order valence-corrected chi connectivity index (χ2v) is 0.452. The van der Waals surface area contributed by atoms with Crippen LogP contribution in [-0.4, -0.2) is 17.7 Å². The second-order valence-electron chi connectivity index (χ2n) is 0.452. The molecular formula is C2H3FN2. The fraction of sp³-hybridized carbons (Fsp3) is 0.500. The van der Waals surface area contributed by atoms with E-state index in [-0.39, 0.29) is 0 Å². The molecule has 0 aromatic rings. The molecule has 0 aliphatic rings. The van der Waals surface area contributed by atoms with E-state index in [1.54, 1.807) is 0 Å². The highest BCUT2D eigenvalue weighted by Crippen LogP contribution is 1.47. The molecule has 0 heterocycles. The average molecular weight is 74.1 g/mol. The van der Waals surface area contributed by atoms with Crippen molar-refractivity contribution in [3.8, 4) is 0 Å². The average Bonchev–Trinajstić information content (AvgIpc) is 1.41. The van der Waals surface area contributed by atoms with Crippen LogP contribution in [0.3, 0.4) is 0 Å². The van der Waals surface area contributed by atoms with Crippen molar-refractivity contribution in [3.05, 3.63) is 5.53 Å². The predicted molar refractivity (Wildman–Crippen MR) is 15.7 cm³/mol. The minimum atomic E-state index is -0.698. The Morgan fingerprint density at radius 2 is 2.60 bits per heavy atom. The lowest BCUT2D eigenvalue weighted by Crippen LogP contribution is -1.70. The number of alkyl halides is 1. The van der Waals surface area contributed by atoms with Crippen LogP contribution < -0.4 is 0 Å². The van der Waals surface area contributed by atoms with Crippen molar-refractivity contribution in [2.45, 2.75) is 0 Å². The molecule has 0 N–H and O–H groups in total. The minimum Gasteiger partial charge on any atom is -0.362 e. The molecule has 0 spiro atoms. The maximum Gasteiger partial charge on any atom is 0.288 e. The van der Waals surface area contributed by atoms with Crippen molar-refractivity contribution in [1.29, 1.82) is 0 Å². The second kappa shape index (κ2) is 3.31. The van der Waals surface area contributed by atoms with Gasteiger partial charge in [0, 0.05) is 0 Å². The van der Waals surface area contributed by atoms with E-state index in [0.29, 0.717) is 0 Å². The molecule has 0 atom stereocenters. The third kappa shape index (κ3) is 3.31. The van der Waals surface area contributed by atoms with Crippen LogP contribution in [-0.2, 0) is 0 Å². The van der Waals surface area contributed by atoms with Crippen LogP contribution in [0.15, 0.2) is 0 Å². The first-order valence-corrected chi connectivity index (χ1v) is 1.13. The van der Waals surface area contributed by atoms with Crippen molar-refractivity contribution in [2.75, 3.05) is 6.67 Å². The molecule has 0 bridgehead atoms. The summed E-state index contributed by atoms with van der Waals surface area (Å²) in [6.45, 7) is -0.698. The van der Waals surface area contributed by atoms with E-state index in [0.717, 1.165) is 6.21 Å². The zero-order valence-corrected chi connectivity index (χ0v) is 2.56. The van der Waals surface area contributed by atoms with Gasteiger partial charge in [0.15, 0.2) is 6.67 Å². The Balaban J connectivity index is 2.93. The van der Waals surface area contributed by atoms with Crippen molar-refractivity contribution < 1.29 is 9.18 Å². The van der Waals surface area contributed by atoms with Gasteiger partial charge in [-0.05, 0) is 0 Å². The fourth-order valence-electron chi connectivity index (χ4n) is 0.0309. The summed E-state index contributed by atoms with van der Waals surface area (Å²) in [5, 5.41) is 0. The van der Waals surface area contributed by atoms with E-state index in [1.165, 1.54) is 0 Å². The Bertz CT molecular complexity index is 54.7. The molecule has 0 aliphatic carbocycles. The van der Waals surface area contributed by atoms with Crippen molar-refractivity contribution >= 4 is 6.21 Å². The summed E-state index contributed by atoms with van der Waals surface area (Å²) < 4.78 is 10.7. The Kier molecular flexibility index (Phi) is 2.85. The van der Waals surface area contributed by atoms with Gasteiger partial charge in [-0.15, -0.1) is 0 Å². The smallest absolute Gasteiger partial charge is 0.288 e. The Hall–Kier alpha value is -0.690. The largest absolute Gasteiger partial charge is 0.362 e. The summed E-state index contributed by atoms with van der Waals surface area (Å²) >= 11 is 0. The van der Waals surface area contributed by atoms with Gasteiger partial charge in [0.25, 0.3) is 6.21 Å². The lowest BCUT2D eigenvalue weighted by Gasteiger charge is -1.48. The summed E-state index contributed by atoms with van der Waals surface area (Å²) in [5.74, 6) is 0. The van der Waals surface area contributed by atoms with Crippen LogP contribution in [0.5, 0.6) is 0 Å². The van der Waals surface area contributed by atoms with E-state index in [4.69, 9.17) is 5.53 Å². The van der Waals surface area contributed by atoms with E-state index < -0.39 is 6.67 Å². The van der Waals surface area contributed by atoms with Gasteiger partial charge in [-0.25, -0.2) is 4.39 Å². The van der Waals surface area contributed by atoms with Crippen LogP contribution in [0.4, 0.5) is 4.39 Å². The van der Waals surface area contributed by atoms with Gasteiger partial charge in [0.1, 0.15) is 0 Å². The van der Waals surface area contributed by atoms with E-state index >= 15 is 0 Å². The van der Waals surface area contributed by atoms with Gasteiger partial charge in [0.2, 0.25) is 0 Å². The highest BCUT2D eigenvalue weighted by molar-refractivity contribution is 5.50. The van der Waals surface area contributed by atoms with Crippen LogP contribution in [0.25, 0.3) is 5.53 Å². The maximum atomic E-state index is 10.7. The topological polar surface area (TPSA) is 36.4 Å². The zero-order chi connectivity index (χ0) is 4.12. The molecule has 0 aliphatic heterocycles. The molecule has 0 amide bonds. The minimum absolute atomic E-state index is 0.698. The zero-order valence-electron chi connectivity index (χ0n) is 2.56. The molecule has 0 saturated heterocycles. The van der Waals surface area contributed by atoms with Gasteiger partial charge in [-0.3, -0.25) is 0 Å². The summed E-state index contributed by atoms with van der Waals surface area (Å²) in [5.41, 5.74) is 7.40. The highest BCUT2D eigenvalue weighted by atomic mass is 19.1. The van der Waals surface area contributed by atoms with Crippen LogP contribution in [0, 0.1) is 0 Å². The van der Waals surface area contributed by atoms with Gasteiger partial charge >= 0.3 is 0 Å². The molecule has 0 fully saturated rings. The quantitative estimate of drug-likeness (QED) is 0.243. The number of nitrogens with zero attached hydrogens (tertiary/aromatic N) is 2. The molecule has 0 aromatic heterocycles.